The topological polar surface area (TPSA) is 12.0 Å². The molecule has 110 valence electrons. The lowest BCUT2D eigenvalue weighted by molar-refractivity contribution is 0.272. The van der Waals surface area contributed by atoms with Crippen LogP contribution in [0.3, 0.4) is 0 Å². The van der Waals surface area contributed by atoms with Crippen LogP contribution in [0.4, 0.5) is 0 Å². The molecular formula is C17H37N. The van der Waals surface area contributed by atoms with Crippen molar-refractivity contribution in [2.75, 3.05) is 6.54 Å². The first-order valence-corrected chi connectivity index (χ1v) is 7.85. The zero-order chi connectivity index (χ0) is 14.3. The molecule has 0 heterocycles. The second-order valence-electron chi connectivity index (χ2n) is 8.10. The molecule has 0 spiro atoms. The number of rotatable bonds is 8. The van der Waals surface area contributed by atoms with Crippen LogP contribution in [0.5, 0.6) is 0 Å². The second kappa shape index (κ2) is 8.19. The van der Waals surface area contributed by atoms with Crippen LogP contribution in [0.2, 0.25) is 0 Å². The molecule has 0 bridgehead atoms. The number of hydrogen-bond acceptors (Lipinski definition) is 1. The van der Waals surface area contributed by atoms with Gasteiger partial charge < -0.3 is 5.32 Å². The molecule has 1 heteroatoms. The van der Waals surface area contributed by atoms with E-state index in [2.05, 4.69) is 60.7 Å². The fourth-order valence-electron chi connectivity index (χ4n) is 2.85. The van der Waals surface area contributed by atoms with Gasteiger partial charge in [-0.2, -0.15) is 0 Å². The van der Waals surface area contributed by atoms with Crippen molar-refractivity contribution >= 4 is 0 Å². The summed E-state index contributed by atoms with van der Waals surface area (Å²) in [5.74, 6) is 3.33. The molecule has 0 aromatic carbocycles. The quantitative estimate of drug-likeness (QED) is 0.635. The molecule has 18 heavy (non-hydrogen) atoms. The monoisotopic (exact) mass is 255 g/mol. The van der Waals surface area contributed by atoms with Crippen LogP contribution in [0.25, 0.3) is 0 Å². The van der Waals surface area contributed by atoms with Gasteiger partial charge in [-0.05, 0) is 70.3 Å². The molecule has 1 N–H and O–H groups in total. The van der Waals surface area contributed by atoms with Crippen LogP contribution in [0.15, 0.2) is 0 Å². The zero-order valence-electron chi connectivity index (χ0n) is 14.1. The molecular weight excluding hydrogens is 218 g/mol. The maximum absolute atomic E-state index is 3.69. The van der Waals surface area contributed by atoms with Gasteiger partial charge in [0.2, 0.25) is 0 Å². The molecule has 0 aromatic heterocycles. The first-order valence-electron chi connectivity index (χ1n) is 7.85. The highest BCUT2D eigenvalue weighted by molar-refractivity contribution is 4.75. The molecule has 0 amide bonds. The minimum atomic E-state index is 0.247. The van der Waals surface area contributed by atoms with Crippen LogP contribution < -0.4 is 5.32 Å². The van der Waals surface area contributed by atoms with E-state index in [1.807, 2.05) is 0 Å². The van der Waals surface area contributed by atoms with Gasteiger partial charge in [-0.3, -0.25) is 0 Å². The Bertz CT molecular complexity index is 200. The molecule has 0 aliphatic rings. The van der Waals surface area contributed by atoms with Gasteiger partial charge in [-0.25, -0.2) is 0 Å². The molecule has 0 fully saturated rings. The van der Waals surface area contributed by atoms with E-state index in [4.69, 9.17) is 0 Å². The molecule has 0 rings (SSSR count). The van der Waals surface area contributed by atoms with Gasteiger partial charge in [-0.15, -0.1) is 0 Å². The van der Waals surface area contributed by atoms with Crippen molar-refractivity contribution in [1.29, 1.82) is 0 Å². The van der Waals surface area contributed by atoms with Crippen LogP contribution in [-0.2, 0) is 0 Å². The molecule has 0 saturated carbocycles. The average Bonchev–Trinajstić information content (AvgIpc) is 2.10. The summed E-state index contributed by atoms with van der Waals surface area (Å²) in [6, 6.07) is 0. The molecule has 2 atom stereocenters. The largest absolute Gasteiger partial charge is 0.312 e. The molecule has 1 nitrogen and oxygen atoms in total. The third-order valence-corrected chi connectivity index (χ3v) is 3.34. The minimum absolute atomic E-state index is 0.247. The Morgan fingerprint density at radius 3 is 1.67 bits per heavy atom. The standard InChI is InChI=1S/C17H37N/c1-13(2)9-15(5)11-16(10-14(3)4)12-18-17(6,7)8/h13-16,18H,9-12H2,1-8H3. The second-order valence-corrected chi connectivity index (χ2v) is 8.10. The fraction of sp³-hybridized carbons (Fsp3) is 1.00. The van der Waals surface area contributed by atoms with Crippen LogP contribution in [0.1, 0.15) is 74.7 Å². The normalized spacial score (nSPS) is 16.3. The summed E-state index contributed by atoms with van der Waals surface area (Å²) in [4.78, 5) is 0. The molecule has 0 aromatic rings. The van der Waals surface area contributed by atoms with Crippen molar-refractivity contribution in [2.45, 2.75) is 80.2 Å². The Balaban J connectivity index is 4.22. The minimum Gasteiger partial charge on any atom is -0.312 e. The Morgan fingerprint density at radius 1 is 0.778 bits per heavy atom. The maximum Gasteiger partial charge on any atom is 0.00966 e. The summed E-state index contributed by atoms with van der Waals surface area (Å²) in [6.07, 6.45) is 4.09. The van der Waals surface area contributed by atoms with Gasteiger partial charge in [0.15, 0.2) is 0 Å². The summed E-state index contributed by atoms with van der Waals surface area (Å²) < 4.78 is 0. The van der Waals surface area contributed by atoms with Crippen molar-refractivity contribution in [2.24, 2.45) is 23.7 Å². The first kappa shape index (κ1) is 18.0. The van der Waals surface area contributed by atoms with Gasteiger partial charge in [-0.1, -0.05) is 34.6 Å². The number of hydrogen-bond donors (Lipinski definition) is 1. The Hall–Kier alpha value is -0.0400. The van der Waals surface area contributed by atoms with Crippen molar-refractivity contribution in [1.82, 2.24) is 5.32 Å². The van der Waals surface area contributed by atoms with Gasteiger partial charge >= 0.3 is 0 Å². The van der Waals surface area contributed by atoms with E-state index in [1.165, 1.54) is 25.8 Å². The van der Waals surface area contributed by atoms with Crippen molar-refractivity contribution in [3.05, 3.63) is 0 Å². The van der Waals surface area contributed by atoms with E-state index in [9.17, 15) is 0 Å². The lowest BCUT2D eigenvalue weighted by Gasteiger charge is -2.28. The van der Waals surface area contributed by atoms with Crippen LogP contribution in [0, 0.1) is 23.7 Å². The van der Waals surface area contributed by atoms with Crippen LogP contribution in [-0.4, -0.2) is 12.1 Å². The summed E-state index contributed by atoms with van der Waals surface area (Å²) >= 11 is 0. The molecule has 2 unspecified atom stereocenters. The Morgan fingerprint density at radius 2 is 1.28 bits per heavy atom. The smallest absolute Gasteiger partial charge is 0.00966 e. The molecule has 0 radical (unpaired) electrons. The molecule has 0 aliphatic carbocycles. The summed E-state index contributed by atoms with van der Waals surface area (Å²) in [7, 11) is 0. The predicted molar refractivity (Wildman–Crippen MR) is 83.9 cm³/mol. The van der Waals surface area contributed by atoms with Gasteiger partial charge in [0.05, 0.1) is 0 Å². The van der Waals surface area contributed by atoms with Gasteiger partial charge in [0, 0.05) is 5.54 Å². The summed E-state index contributed by atoms with van der Waals surface area (Å²) in [6.45, 7) is 19.7. The van der Waals surface area contributed by atoms with E-state index in [0.717, 1.165) is 23.7 Å². The fourth-order valence-corrected chi connectivity index (χ4v) is 2.85. The Labute approximate surface area is 116 Å². The highest BCUT2D eigenvalue weighted by Gasteiger charge is 2.18. The SMILES string of the molecule is CC(C)CC(C)CC(CNC(C)(C)C)CC(C)C. The molecule has 0 aliphatic heterocycles. The van der Waals surface area contributed by atoms with E-state index < -0.39 is 0 Å². The van der Waals surface area contributed by atoms with Crippen LogP contribution >= 0.6 is 0 Å². The lowest BCUT2D eigenvalue weighted by Crippen LogP contribution is -2.39. The highest BCUT2D eigenvalue weighted by Crippen LogP contribution is 2.24. The van der Waals surface area contributed by atoms with E-state index in [0.29, 0.717) is 0 Å². The third-order valence-electron chi connectivity index (χ3n) is 3.34. The van der Waals surface area contributed by atoms with E-state index in [1.54, 1.807) is 0 Å². The lowest BCUT2D eigenvalue weighted by atomic mass is 9.85. The van der Waals surface area contributed by atoms with Crippen molar-refractivity contribution < 1.29 is 0 Å². The van der Waals surface area contributed by atoms with Crippen molar-refractivity contribution in [3.8, 4) is 0 Å². The van der Waals surface area contributed by atoms with Crippen molar-refractivity contribution in [3.63, 3.8) is 0 Å². The zero-order valence-corrected chi connectivity index (χ0v) is 14.1. The van der Waals surface area contributed by atoms with E-state index in [-0.39, 0.29) is 5.54 Å². The van der Waals surface area contributed by atoms with Gasteiger partial charge in [0.1, 0.15) is 0 Å². The maximum atomic E-state index is 3.69. The first-order chi connectivity index (χ1) is 8.10. The number of nitrogens with one attached hydrogen (secondary N) is 1. The van der Waals surface area contributed by atoms with E-state index >= 15 is 0 Å². The summed E-state index contributed by atoms with van der Waals surface area (Å²) in [5, 5.41) is 3.69. The average molecular weight is 255 g/mol. The Kier molecular flexibility index (Phi) is 8.18. The summed E-state index contributed by atoms with van der Waals surface area (Å²) in [5.41, 5.74) is 0.247. The predicted octanol–water partition coefficient (Wildman–Crippen LogP) is 5.11. The molecule has 0 saturated heterocycles. The highest BCUT2D eigenvalue weighted by atomic mass is 14.9. The van der Waals surface area contributed by atoms with Gasteiger partial charge in [0.25, 0.3) is 0 Å². The third kappa shape index (κ3) is 11.1.